The summed E-state index contributed by atoms with van der Waals surface area (Å²) >= 11 is 0. The molecule has 0 saturated heterocycles. The second kappa shape index (κ2) is 8.98. The van der Waals surface area contributed by atoms with Crippen molar-refractivity contribution in [2.24, 2.45) is 0 Å². The Morgan fingerprint density at radius 3 is 2.44 bits per heavy atom. The number of hydrogen-bond acceptors (Lipinski definition) is 3. The lowest BCUT2D eigenvalue weighted by Crippen LogP contribution is -2.37. The third-order valence-electron chi connectivity index (χ3n) is 6.25. The van der Waals surface area contributed by atoms with Crippen molar-refractivity contribution in [1.82, 2.24) is 9.47 Å². The minimum Gasteiger partial charge on any atom is -0.493 e. The minimum atomic E-state index is -0.261. The highest BCUT2D eigenvalue weighted by molar-refractivity contribution is 5.90. The van der Waals surface area contributed by atoms with Crippen LogP contribution in [-0.2, 0) is 6.54 Å². The van der Waals surface area contributed by atoms with Crippen LogP contribution >= 0.6 is 0 Å². The highest BCUT2D eigenvalue weighted by Gasteiger charge is 2.33. The molecule has 6 heteroatoms. The Morgan fingerprint density at radius 1 is 0.912 bits per heavy atom. The van der Waals surface area contributed by atoms with Gasteiger partial charge in [-0.15, -0.1) is 0 Å². The third-order valence-corrected chi connectivity index (χ3v) is 6.25. The van der Waals surface area contributed by atoms with E-state index in [1.54, 1.807) is 26.4 Å². The molecule has 0 aliphatic carbocycles. The molecule has 1 N–H and O–H groups in total. The lowest BCUT2D eigenvalue weighted by atomic mass is 10.0. The number of urea groups is 1. The molecule has 0 radical (unpaired) electrons. The molecule has 5 rings (SSSR count). The summed E-state index contributed by atoms with van der Waals surface area (Å²) in [5.74, 6) is 1.17. The summed E-state index contributed by atoms with van der Waals surface area (Å²) < 4.78 is 12.9. The van der Waals surface area contributed by atoms with Gasteiger partial charge in [0, 0.05) is 23.6 Å². The molecule has 0 bridgehead atoms. The number of methoxy groups -OCH3 is 2. The number of hydrogen-bond donors (Lipinski definition) is 1. The fourth-order valence-corrected chi connectivity index (χ4v) is 4.55. The van der Waals surface area contributed by atoms with Crippen molar-refractivity contribution in [3.05, 3.63) is 107 Å². The van der Waals surface area contributed by atoms with Crippen LogP contribution in [0.2, 0.25) is 0 Å². The van der Waals surface area contributed by atoms with Crippen molar-refractivity contribution in [2.45, 2.75) is 19.5 Å². The highest BCUT2D eigenvalue weighted by Crippen LogP contribution is 2.37. The number of nitrogens with zero attached hydrogens (tertiary/aromatic N) is 2. The number of aryl methyl sites for hydroxylation is 1. The number of nitrogens with one attached hydrogen (secondary N) is 1. The second-order valence-electron chi connectivity index (χ2n) is 8.37. The number of para-hydroxylation sites is 1. The van der Waals surface area contributed by atoms with Gasteiger partial charge in [-0.05, 0) is 48.4 Å². The zero-order valence-corrected chi connectivity index (χ0v) is 19.5. The standard InChI is InChI=1S/C28H27N3O3/c1-19-10-12-20(13-11-19)27-24-9-6-16-30(24)23-8-5-4-7-21(23)18-31(27)28(32)29-22-14-15-25(33-2)26(17-22)34-3/h4-17,27H,18H2,1-3H3,(H,29,32). The number of carbonyl (C=O) groups is 1. The molecule has 172 valence electrons. The molecule has 4 aromatic rings. The lowest BCUT2D eigenvalue weighted by molar-refractivity contribution is 0.194. The first-order valence-corrected chi connectivity index (χ1v) is 11.2. The Bertz CT molecular complexity index is 1330. The van der Waals surface area contributed by atoms with E-state index in [0.717, 1.165) is 22.5 Å². The Labute approximate surface area is 199 Å². The normalized spacial score (nSPS) is 14.6. The molecule has 2 heterocycles. The molecule has 2 amide bonds. The Kier molecular flexibility index (Phi) is 5.72. The number of fused-ring (bicyclic) bond motifs is 3. The van der Waals surface area contributed by atoms with E-state index in [9.17, 15) is 4.79 Å². The van der Waals surface area contributed by atoms with Crippen LogP contribution in [0.1, 0.15) is 28.4 Å². The SMILES string of the molecule is COc1ccc(NC(=O)N2Cc3ccccc3-n3cccc3C2c2ccc(C)cc2)cc1OC. The van der Waals surface area contributed by atoms with Crippen molar-refractivity contribution in [2.75, 3.05) is 19.5 Å². The topological polar surface area (TPSA) is 55.7 Å². The van der Waals surface area contributed by atoms with Crippen LogP contribution in [0.15, 0.2) is 85.1 Å². The average Bonchev–Trinajstić information content (AvgIpc) is 3.29. The highest BCUT2D eigenvalue weighted by atomic mass is 16.5. The van der Waals surface area contributed by atoms with E-state index in [4.69, 9.17) is 9.47 Å². The number of benzene rings is 3. The molecule has 1 aliphatic heterocycles. The summed E-state index contributed by atoms with van der Waals surface area (Å²) in [5, 5.41) is 3.07. The summed E-state index contributed by atoms with van der Waals surface area (Å²) in [6.45, 7) is 2.53. The van der Waals surface area contributed by atoms with Crippen molar-refractivity contribution in [3.63, 3.8) is 0 Å². The van der Waals surface area contributed by atoms with Gasteiger partial charge in [-0.3, -0.25) is 0 Å². The van der Waals surface area contributed by atoms with Crippen LogP contribution in [0.5, 0.6) is 11.5 Å². The van der Waals surface area contributed by atoms with Gasteiger partial charge in [-0.2, -0.15) is 0 Å². The van der Waals surface area contributed by atoms with Crippen LogP contribution in [0.3, 0.4) is 0 Å². The summed E-state index contributed by atoms with van der Waals surface area (Å²) in [7, 11) is 3.17. The van der Waals surface area contributed by atoms with E-state index < -0.39 is 0 Å². The summed E-state index contributed by atoms with van der Waals surface area (Å²) in [6, 6.07) is 25.6. The number of ether oxygens (including phenoxy) is 2. The number of anilines is 1. The van der Waals surface area contributed by atoms with E-state index in [1.807, 2.05) is 29.2 Å². The monoisotopic (exact) mass is 453 g/mol. The summed E-state index contributed by atoms with van der Waals surface area (Å²) in [5.41, 5.74) is 6.07. The fraction of sp³-hybridized carbons (Fsp3) is 0.179. The zero-order chi connectivity index (χ0) is 23.7. The second-order valence-corrected chi connectivity index (χ2v) is 8.37. The summed E-state index contributed by atoms with van der Waals surface area (Å²) in [6.07, 6.45) is 2.06. The smallest absolute Gasteiger partial charge is 0.322 e. The molecule has 0 spiro atoms. The molecule has 3 aromatic carbocycles. The van der Waals surface area contributed by atoms with Gasteiger partial charge in [-0.25, -0.2) is 4.79 Å². The Balaban J connectivity index is 1.58. The van der Waals surface area contributed by atoms with Crippen molar-refractivity contribution in [3.8, 4) is 17.2 Å². The predicted octanol–water partition coefficient (Wildman–Crippen LogP) is 5.94. The van der Waals surface area contributed by atoms with E-state index in [1.165, 1.54) is 5.56 Å². The van der Waals surface area contributed by atoms with Crippen LogP contribution in [-0.4, -0.2) is 29.7 Å². The molecular weight excluding hydrogens is 426 g/mol. The first-order chi connectivity index (χ1) is 16.6. The van der Waals surface area contributed by atoms with E-state index in [-0.39, 0.29) is 12.1 Å². The van der Waals surface area contributed by atoms with Gasteiger partial charge in [0.2, 0.25) is 0 Å². The average molecular weight is 454 g/mol. The molecule has 34 heavy (non-hydrogen) atoms. The lowest BCUT2D eigenvalue weighted by Gasteiger charge is -2.31. The quantitative estimate of drug-likeness (QED) is 0.416. The first kappa shape index (κ1) is 21.6. The molecular formula is C28H27N3O3. The van der Waals surface area contributed by atoms with Crippen LogP contribution in [0, 0.1) is 6.92 Å². The van der Waals surface area contributed by atoms with Gasteiger partial charge in [0.1, 0.15) is 0 Å². The summed E-state index contributed by atoms with van der Waals surface area (Å²) in [4.78, 5) is 15.7. The van der Waals surface area contributed by atoms with E-state index >= 15 is 0 Å². The van der Waals surface area contributed by atoms with Crippen LogP contribution in [0.4, 0.5) is 10.5 Å². The molecule has 0 fully saturated rings. The number of carbonyl (C=O) groups excluding carboxylic acids is 1. The maximum absolute atomic E-state index is 13.8. The Hall–Kier alpha value is -4.19. The molecule has 0 saturated carbocycles. The third kappa shape index (κ3) is 3.88. The predicted molar refractivity (Wildman–Crippen MR) is 133 cm³/mol. The largest absolute Gasteiger partial charge is 0.493 e. The maximum atomic E-state index is 13.8. The van der Waals surface area contributed by atoms with Crippen LogP contribution in [0.25, 0.3) is 5.69 Å². The van der Waals surface area contributed by atoms with Crippen molar-refractivity contribution < 1.29 is 14.3 Å². The van der Waals surface area contributed by atoms with E-state index in [2.05, 4.69) is 65.5 Å². The molecule has 1 aliphatic rings. The van der Waals surface area contributed by atoms with Crippen molar-refractivity contribution in [1.29, 1.82) is 0 Å². The number of aromatic nitrogens is 1. The van der Waals surface area contributed by atoms with Crippen molar-refractivity contribution >= 4 is 11.7 Å². The Morgan fingerprint density at radius 2 is 1.68 bits per heavy atom. The van der Waals surface area contributed by atoms with Gasteiger partial charge in [-0.1, -0.05) is 48.0 Å². The van der Waals surface area contributed by atoms with Gasteiger partial charge in [0.05, 0.1) is 32.5 Å². The number of amides is 2. The molecule has 1 aromatic heterocycles. The molecule has 1 unspecified atom stereocenters. The van der Waals surface area contributed by atoms with Gasteiger partial charge in [0.25, 0.3) is 0 Å². The van der Waals surface area contributed by atoms with Gasteiger partial charge in [0.15, 0.2) is 11.5 Å². The van der Waals surface area contributed by atoms with Gasteiger partial charge >= 0.3 is 6.03 Å². The minimum absolute atomic E-state index is 0.192. The van der Waals surface area contributed by atoms with Crippen LogP contribution < -0.4 is 14.8 Å². The first-order valence-electron chi connectivity index (χ1n) is 11.2. The zero-order valence-electron chi connectivity index (χ0n) is 19.5. The molecule has 6 nitrogen and oxygen atoms in total. The fourth-order valence-electron chi connectivity index (χ4n) is 4.55. The van der Waals surface area contributed by atoms with Gasteiger partial charge < -0.3 is 24.3 Å². The number of rotatable bonds is 4. The molecule has 1 atom stereocenters. The van der Waals surface area contributed by atoms with E-state index in [0.29, 0.717) is 23.7 Å². The maximum Gasteiger partial charge on any atom is 0.322 e.